The number of aryl methyl sites for hydroxylation is 1. The van der Waals surface area contributed by atoms with Crippen LogP contribution in [0.3, 0.4) is 0 Å². The number of nitrogens with one attached hydrogen (secondary N) is 1. The monoisotopic (exact) mass is 268 g/mol. The van der Waals surface area contributed by atoms with Gasteiger partial charge in [-0.2, -0.15) is 0 Å². The summed E-state index contributed by atoms with van der Waals surface area (Å²) in [5.41, 5.74) is 2.87. The van der Waals surface area contributed by atoms with Gasteiger partial charge >= 0.3 is 0 Å². The van der Waals surface area contributed by atoms with Crippen molar-refractivity contribution in [2.24, 2.45) is 0 Å². The van der Waals surface area contributed by atoms with Crippen LogP contribution in [-0.4, -0.2) is 10.9 Å². The number of hydrogen-bond donors (Lipinski definition) is 1. The maximum atomic E-state index is 12.2. The van der Waals surface area contributed by atoms with E-state index in [4.69, 9.17) is 0 Å². The van der Waals surface area contributed by atoms with Crippen LogP contribution in [0.15, 0.2) is 48.8 Å². The Morgan fingerprint density at radius 3 is 2.30 bits per heavy atom. The van der Waals surface area contributed by atoms with Gasteiger partial charge in [0, 0.05) is 12.4 Å². The van der Waals surface area contributed by atoms with Crippen molar-refractivity contribution < 1.29 is 4.79 Å². The van der Waals surface area contributed by atoms with E-state index in [0.717, 1.165) is 11.1 Å². The van der Waals surface area contributed by atoms with Gasteiger partial charge in [0.25, 0.3) is 0 Å². The highest BCUT2D eigenvalue weighted by Gasteiger charge is 2.22. The zero-order valence-corrected chi connectivity index (χ0v) is 12.2. The first-order chi connectivity index (χ1) is 9.47. The average Bonchev–Trinajstić information content (AvgIpc) is 2.42. The molecule has 0 aliphatic heterocycles. The van der Waals surface area contributed by atoms with Crippen LogP contribution in [0.25, 0.3) is 0 Å². The van der Waals surface area contributed by atoms with Crippen LogP contribution in [0.2, 0.25) is 0 Å². The van der Waals surface area contributed by atoms with E-state index in [-0.39, 0.29) is 5.91 Å². The standard InChI is InChI=1S/C17H20N2O/c1-13-4-6-14(7-5-13)12-16(20)19-17(2,3)15-8-10-18-11-9-15/h4-11H,12H2,1-3H3,(H,19,20). The van der Waals surface area contributed by atoms with Crippen molar-refractivity contribution in [3.05, 3.63) is 65.5 Å². The third-order valence-electron chi connectivity index (χ3n) is 3.34. The number of amides is 1. The third-order valence-corrected chi connectivity index (χ3v) is 3.34. The Kier molecular flexibility index (Phi) is 4.18. The number of hydrogen-bond acceptors (Lipinski definition) is 2. The quantitative estimate of drug-likeness (QED) is 0.926. The number of carbonyl (C=O) groups is 1. The summed E-state index contributed by atoms with van der Waals surface area (Å²) in [7, 11) is 0. The van der Waals surface area contributed by atoms with Gasteiger partial charge in [-0.05, 0) is 44.0 Å². The first kappa shape index (κ1) is 14.3. The highest BCUT2D eigenvalue weighted by Crippen LogP contribution is 2.19. The first-order valence-electron chi connectivity index (χ1n) is 6.74. The second-order valence-corrected chi connectivity index (χ2v) is 5.57. The third kappa shape index (κ3) is 3.67. The van der Waals surface area contributed by atoms with E-state index in [1.807, 2.05) is 57.2 Å². The van der Waals surface area contributed by atoms with Crippen LogP contribution < -0.4 is 5.32 Å². The minimum absolute atomic E-state index is 0.0238. The Morgan fingerprint density at radius 2 is 1.70 bits per heavy atom. The zero-order valence-electron chi connectivity index (χ0n) is 12.2. The molecule has 20 heavy (non-hydrogen) atoms. The zero-order chi connectivity index (χ0) is 14.6. The summed E-state index contributed by atoms with van der Waals surface area (Å²) >= 11 is 0. The minimum atomic E-state index is -0.398. The molecule has 0 bridgehead atoms. The van der Waals surface area contributed by atoms with Gasteiger partial charge in [0.05, 0.1) is 12.0 Å². The van der Waals surface area contributed by atoms with Crippen molar-refractivity contribution in [3.8, 4) is 0 Å². The van der Waals surface area contributed by atoms with Crippen LogP contribution in [0.4, 0.5) is 0 Å². The van der Waals surface area contributed by atoms with Crippen molar-refractivity contribution in [1.82, 2.24) is 10.3 Å². The van der Waals surface area contributed by atoms with Crippen molar-refractivity contribution in [2.75, 3.05) is 0 Å². The van der Waals surface area contributed by atoms with E-state index in [1.54, 1.807) is 12.4 Å². The molecule has 0 atom stereocenters. The fourth-order valence-electron chi connectivity index (χ4n) is 2.12. The molecule has 0 spiro atoms. The Balaban J connectivity index is 2.02. The van der Waals surface area contributed by atoms with Crippen molar-refractivity contribution in [1.29, 1.82) is 0 Å². The lowest BCUT2D eigenvalue weighted by Gasteiger charge is -2.26. The SMILES string of the molecule is Cc1ccc(CC(=O)NC(C)(C)c2ccncc2)cc1. The Bertz CT molecular complexity index is 574. The van der Waals surface area contributed by atoms with Gasteiger partial charge in [-0.1, -0.05) is 29.8 Å². The average molecular weight is 268 g/mol. The van der Waals surface area contributed by atoms with E-state index in [0.29, 0.717) is 6.42 Å². The largest absolute Gasteiger partial charge is 0.347 e. The Labute approximate surface area is 120 Å². The van der Waals surface area contributed by atoms with Gasteiger partial charge in [-0.25, -0.2) is 0 Å². The normalized spacial score (nSPS) is 11.2. The molecule has 3 nitrogen and oxygen atoms in total. The summed E-state index contributed by atoms with van der Waals surface area (Å²) in [6.07, 6.45) is 3.88. The predicted octanol–water partition coefficient (Wildman–Crippen LogP) is 2.98. The van der Waals surface area contributed by atoms with E-state index in [9.17, 15) is 4.79 Å². The molecule has 2 aromatic rings. The smallest absolute Gasteiger partial charge is 0.225 e. The fraction of sp³-hybridized carbons (Fsp3) is 0.294. The van der Waals surface area contributed by atoms with Crippen LogP contribution in [-0.2, 0) is 16.8 Å². The maximum absolute atomic E-state index is 12.2. The number of rotatable bonds is 4. The van der Waals surface area contributed by atoms with Crippen LogP contribution in [0, 0.1) is 6.92 Å². The molecule has 1 aromatic carbocycles. The molecule has 1 aromatic heterocycles. The first-order valence-corrected chi connectivity index (χ1v) is 6.74. The second kappa shape index (κ2) is 5.87. The topological polar surface area (TPSA) is 42.0 Å². The molecular formula is C17H20N2O. The lowest BCUT2D eigenvalue weighted by Crippen LogP contribution is -2.41. The van der Waals surface area contributed by atoms with Crippen molar-refractivity contribution in [3.63, 3.8) is 0 Å². The highest BCUT2D eigenvalue weighted by atomic mass is 16.1. The van der Waals surface area contributed by atoms with E-state index in [2.05, 4.69) is 10.3 Å². The summed E-state index contributed by atoms with van der Waals surface area (Å²) < 4.78 is 0. The van der Waals surface area contributed by atoms with Gasteiger partial charge in [0.1, 0.15) is 0 Å². The van der Waals surface area contributed by atoms with Crippen LogP contribution in [0.1, 0.15) is 30.5 Å². The Morgan fingerprint density at radius 1 is 1.10 bits per heavy atom. The van der Waals surface area contributed by atoms with E-state index in [1.165, 1.54) is 5.56 Å². The summed E-state index contributed by atoms with van der Waals surface area (Å²) in [6, 6.07) is 11.9. The van der Waals surface area contributed by atoms with Gasteiger partial charge in [-0.3, -0.25) is 9.78 Å². The van der Waals surface area contributed by atoms with E-state index >= 15 is 0 Å². The number of nitrogens with zero attached hydrogens (tertiary/aromatic N) is 1. The van der Waals surface area contributed by atoms with E-state index < -0.39 is 5.54 Å². The molecule has 1 heterocycles. The second-order valence-electron chi connectivity index (χ2n) is 5.57. The molecule has 3 heteroatoms. The Hall–Kier alpha value is -2.16. The lowest BCUT2D eigenvalue weighted by atomic mass is 9.95. The van der Waals surface area contributed by atoms with Crippen LogP contribution >= 0.6 is 0 Å². The molecule has 0 saturated carbocycles. The summed E-state index contributed by atoms with van der Waals surface area (Å²) in [4.78, 5) is 16.2. The summed E-state index contributed by atoms with van der Waals surface area (Å²) in [6.45, 7) is 6.03. The highest BCUT2D eigenvalue weighted by molar-refractivity contribution is 5.79. The molecule has 0 radical (unpaired) electrons. The van der Waals surface area contributed by atoms with Gasteiger partial charge in [-0.15, -0.1) is 0 Å². The van der Waals surface area contributed by atoms with Crippen molar-refractivity contribution in [2.45, 2.75) is 32.7 Å². The number of pyridine rings is 1. The summed E-state index contributed by atoms with van der Waals surface area (Å²) in [5.74, 6) is 0.0238. The fourth-order valence-corrected chi connectivity index (χ4v) is 2.12. The van der Waals surface area contributed by atoms with Gasteiger partial charge < -0.3 is 5.32 Å². The molecule has 0 fully saturated rings. The number of carbonyl (C=O) groups excluding carboxylic acids is 1. The molecule has 0 aliphatic rings. The van der Waals surface area contributed by atoms with Crippen LogP contribution in [0.5, 0.6) is 0 Å². The molecule has 2 rings (SSSR count). The predicted molar refractivity (Wildman–Crippen MR) is 80.3 cm³/mol. The molecule has 1 amide bonds. The molecule has 0 saturated heterocycles. The number of benzene rings is 1. The molecule has 0 unspecified atom stereocenters. The molecular weight excluding hydrogens is 248 g/mol. The summed E-state index contributed by atoms with van der Waals surface area (Å²) in [5, 5.41) is 3.07. The number of aromatic nitrogens is 1. The van der Waals surface area contributed by atoms with Gasteiger partial charge in [0.15, 0.2) is 0 Å². The molecule has 0 aliphatic carbocycles. The van der Waals surface area contributed by atoms with Gasteiger partial charge in [0.2, 0.25) is 5.91 Å². The van der Waals surface area contributed by atoms with Crippen molar-refractivity contribution >= 4 is 5.91 Å². The lowest BCUT2D eigenvalue weighted by molar-refractivity contribution is -0.122. The maximum Gasteiger partial charge on any atom is 0.225 e. The molecule has 104 valence electrons. The molecule has 1 N–H and O–H groups in total. The minimum Gasteiger partial charge on any atom is -0.347 e.